The van der Waals surface area contributed by atoms with Gasteiger partial charge < -0.3 is 9.15 Å². The van der Waals surface area contributed by atoms with Crippen LogP contribution in [0.3, 0.4) is 0 Å². The minimum Gasteiger partial charge on any atom is -0.416 e. The molecule has 7 nitrogen and oxygen atoms in total. The zero-order chi connectivity index (χ0) is 14.7. The summed E-state index contributed by atoms with van der Waals surface area (Å²) in [6.07, 6.45) is 1.38. The van der Waals surface area contributed by atoms with Crippen molar-refractivity contribution in [1.29, 1.82) is 0 Å². The number of nitrogens with zero attached hydrogens (tertiary/aromatic N) is 3. The number of aromatic nitrogens is 2. The summed E-state index contributed by atoms with van der Waals surface area (Å²) in [5.74, 6) is 1.09. The van der Waals surface area contributed by atoms with Crippen LogP contribution in [0.15, 0.2) is 9.64 Å². The maximum absolute atomic E-state index is 11.4. The van der Waals surface area contributed by atoms with Gasteiger partial charge in [-0.25, -0.2) is 8.42 Å². The van der Waals surface area contributed by atoms with Crippen LogP contribution in [-0.4, -0.2) is 73.1 Å². The highest BCUT2D eigenvalue weighted by molar-refractivity contribution is 8.01. The van der Waals surface area contributed by atoms with Gasteiger partial charge in [0.15, 0.2) is 9.84 Å². The predicted molar refractivity (Wildman–Crippen MR) is 78.2 cm³/mol. The van der Waals surface area contributed by atoms with Gasteiger partial charge in [0.05, 0.1) is 24.7 Å². The van der Waals surface area contributed by atoms with Gasteiger partial charge in [0.2, 0.25) is 5.89 Å². The molecule has 0 saturated carbocycles. The number of sulfone groups is 1. The number of rotatable bonds is 5. The van der Waals surface area contributed by atoms with E-state index in [4.69, 9.17) is 9.15 Å². The summed E-state index contributed by atoms with van der Waals surface area (Å²) in [6.45, 7) is 4.32. The fourth-order valence-corrected chi connectivity index (χ4v) is 5.80. The molecule has 1 aromatic heterocycles. The molecule has 1 unspecified atom stereocenters. The number of hydrogen-bond donors (Lipinski definition) is 0. The van der Waals surface area contributed by atoms with Crippen molar-refractivity contribution in [3.63, 3.8) is 0 Å². The number of hydrogen-bond acceptors (Lipinski definition) is 8. The average Bonchev–Trinajstić information content (AvgIpc) is 3.04. The molecule has 0 bridgehead atoms. The molecule has 2 fully saturated rings. The Morgan fingerprint density at radius 1 is 1.29 bits per heavy atom. The van der Waals surface area contributed by atoms with Gasteiger partial charge in [0.25, 0.3) is 5.22 Å². The zero-order valence-electron chi connectivity index (χ0n) is 11.7. The van der Waals surface area contributed by atoms with E-state index in [0.717, 1.165) is 39.3 Å². The Kier molecular flexibility index (Phi) is 4.82. The summed E-state index contributed by atoms with van der Waals surface area (Å²) >= 11 is 1.38. The SMILES string of the molecule is O=S1(=O)CCC(Sc2nnc(CCN3CCOCC3)o2)C1. The molecule has 0 amide bonds. The molecule has 9 heteroatoms. The van der Waals surface area contributed by atoms with Gasteiger partial charge in [0.1, 0.15) is 0 Å². The molecular weight excluding hydrogens is 314 g/mol. The first kappa shape index (κ1) is 15.3. The summed E-state index contributed by atoms with van der Waals surface area (Å²) in [6, 6.07) is 0. The van der Waals surface area contributed by atoms with Crippen LogP contribution in [0, 0.1) is 0 Å². The van der Waals surface area contributed by atoms with Crippen LogP contribution in [-0.2, 0) is 21.0 Å². The van der Waals surface area contributed by atoms with Gasteiger partial charge >= 0.3 is 0 Å². The van der Waals surface area contributed by atoms with Crippen LogP contribution in [0.1, 0.15) is 12.3 Å². The third-order valence-electron chi connectivity index (χ3n) is 3.65. The average molecular weight is 333 g/mol. The molecule has 1 aromatic rings. The van der Waals surface area contributed by atoms with Crippen LogP contribution in [0.4, 0.5) is 0 Å². The van der Waals surface area contributed by atoms with Crippen molar-refractivity contribution in [3.05, 3.63) is 5.89 Å². The summed E-state index contributed by atoms with van der Waals surface area (Å²) in [5, 5.41) is 8.56. The largest absolute Gasteiger partial charge is 0.416 e. The fraction of sp³-hybridized carbons (Fsp3) is 0.833. The van der Waals surface area contributed by atoms with Crippen molar-refractivity contribution in [2.75, 3.05) is 44.4 Å². The topological polar surface area (TPSA) is 85.5 Å². The van der Waals surface area contributed by atoms with E-state index in [0.29, 0.717) is 17.5 Å². The third-order valence-corrected chi connectivity index (χ3v) is 6.73. The van der Waals surface area contributed by atoms with Crippen molar-refractivity contribution < 1.29 is 17.6 Å². The lowest BCUT2D eigenvalue weighted by atomic mass is 10.3. The highest BCUT2D eigenvalue weighted by Gasteiger charge is 2.30. The van der Waals surface area contributed by atoms with Crippen molar-refractivity contribution in [2.45, 2.75) is 23.3 Å². The van der Waals surface area contributed by atoms with Crippen LogP contribution in [0.5, 0.6) is 0 Å². The van der Waals surface area contributed by atoms with E-state index in [9.17, 15) is 8.42 Å². The minimum absolute atomic E-state index is 0.0440. The van der Waals surface area contributed by atoms with E-state index in [1.807, 2.05) is 0 Å². The predicted octanol–water partition coefficient (Wildman–Crippen LogP) is 0.224. The Balaban J connectivity index is 1.47. The molecule has 3 heterocycles. The number of ether oxygens (including phenoxy) is 1. The monoisotopic (exact) mass is 333 g/mol. The highest BCUT2D eigenvalue weighted by atomic mass is 32.2. The maximum Gasteiger partial charge on any atom is 0.276 e. The zero-order valence-corrected chi connectivity index (χ0v) is 13.4. The Hall–Kier alpha value is -0.640. The van der Waals surface area contributed by atoms with Crippen LogP contribution in [0.25, 0.3) is 0 Å². The van der Waals surface area contributed by atoms with Gasteiger partial charge in [-0.3, -0.25) is 4.90 Å². The molecule has 0 aromatic carbocycles. The molecule has 2 saturated heterocycles. The number of thioether (sulfide) groups is 1. The van der Waals surface area contributed by atoms with Crippen LogP contribution in [0.2, 0.25) is 0 Å². The quantitative estimate of drug-likeness (QED) is 0.757. The lowest BCUT2D eigenvalue weighted by Crippen LogP contribution is -2.37. The second kappa shape index (κ2) is 6.64. The lowest BCUT2D eigenvalue weighted by molar-refractivity contribution is 0.0376. The summed E-state index contributed by atoms with van der Waals surface area (Å²) < 4.78 is 33.7. The Labute approximate surface area is 128 Å². The van der Waals surface area contributed by atoms with Crippen molar-refractivity contribution in [2.24, 2.45) is 0 Å². The summed E-state index contributed by atoms with van der Waals surface area (Å²) in [7, 11) is -2.86. The number of morpholine rings is 1. The van der Waals surface area contributed by atoms with E-state index in [-0.39, 0.29) is 16.8 Å². The van der Waals surface area contributed by atoms with Gasteiger partial charge in [-0.1, -0.05) is 11.8 Å². The van der Waals surface area contributed by atoms with Crippen molar-refractivity contribution in [3.8, 4) is 0 Å². The highest BCUT2D eigenvalue weighted by Crippen LogP contribution is 2.30. The fourth-order valence-electron chi connectivity index (χ4n) is 2.46. The second-order valence-corrected chi connectivity index (χ2v) is 8.79. The smallest absolute Gasteiger partial charge is 0.276 e. The molecule has 0 N–H and O–H groups in total. The van der Waals surface area contributed by atoms with E-state index in [1.165, 1.54) is 11.8 Å². The molecule has 0 aliphatic carbocycles. The van der Waals surface area contributed by atoms with Gasteiger partial charge in [-0.15, -0.1) is 10.2 Å². The molecule has 2 aliphatic heterocycles. The Morgan fingerprint density at radius 2 is 2.10 bits per heavy atom. The van der Waals surface area contributed by atoms with Gasteiger partial charge in [0, 0.05) is 31.3 Å². The standard InChI is InChI=1S/C12H19N3O4S2/c16-21(17)8-2-10(9-21)20-12-14-13-11(19-12)1-3-15-4-6-18-7-5-15/h10H,1-9H2. The molecule has 0 spiro atoms. The molecule has 3 rings (SSSR count). The normalized spacial score (nSPS) is 26.2. The van der Waals surface area contributed by atoms with E-state index in [2.05, 4.69) is 15.1 Å². The summed E-state index contributed by atoms with van der Waals surface area (Å²) in [4.78, 5) is 2.31. The second-order valence-electron chi connectivity index (χ2n) is 5.31. The van der Waals surface area contributed by atoms with E-state index in [1.54, 1.807) is 0 Å². The molecule has 118 valence electrons. The first-order valence-electron chi connectivity index (χ1n) is 7.10. The third kappa shape index (κ3) is 4.41. The van der Waals surface area contributed by atoms with Crippen molar-refractivity contribution in [1.82, 2.24) is 15.1 Å². The minimum atomic E-state index is -2.86. The Bertz CT molecular complexity index is 569. The van der Waals surface area contributed by atoms with Crippen molar-refractivity contribution >= 4 is 21.6 Å². The molecule has 21 heavy (non-hydrogen) atoms. The molecule has 1 atom stereocenters. The summed E-state index contributed by atoms with van der Waals surface area (Å²) in [5.41, 5.74) is 0. The first-order valence-corrected chi connectivity index (χ1v) is 9.80. The van der Waals surface area contributed by atoms with Gasteiger partial charge in [-0.05, 0) is 6.42 Å². The molecule has 0 radical (unpaired) electrons. The first-order chi connectivity index (χ1) is 10.1. The molecule has 2 aliphatic rings. The van der Waals surface area contributed by atoms with Crippen LogP contribution < -0.4 is 0 Å². The maximum atomic E-state index is 11.4. The lowest BCUT2D eigenvalue weighted by Gasteiger charge is -2.25. The van der Waals surface area contributed by atoms with Gasteiger partial charge in [-0.2, -0.15) is 0 Å². The molecular formula is C12H19N3O4S2. The van der Waals surface area contributed by atoms with E-state index < -0.39 is 9.84 Å². The Morgan fingerprint density at radius 3 is 2.81 bits per heavy atom. The van der Waals surface area contributed by atoms with E-state index >= 15 is 0 Å². The van der Waals surface area contributed by atoms with Crippen LogP contribution >= 0.6 is 11.8 Å².